The van der Waals surface area contributed by atoms with Crippen LogP contribution in [0.4, 0.5) is 0 Å². The lowest BCUT2D eigenvalue weighted by molar-refractivity contribution is 0.0997. The summed E-state index contributed by atoms with van der Waals surface area (Å²) in [4.78, 5) is 18.8. The fourth-order valence-electron chi connectivity index (χ4n) is 2.68. The summed E-state index contributed by atoms with van der Waals surface area (Å²) < 4.78 is 8.56. The molecule has 130 valence electrons. The summed E-state index contributed by atoms with van der Waals surface area (Å²) in [5.74, 6) is 1.55. The number of hydrogen-bond acceptors (Lipinski definition) is 4. The predicted molar refractivity (Wildman–Crippen MR) is 105 cm³/mol. The minimum atomic E-state index is -0.216. The Hall–Kier alpha value is -2.05. The first kappa shape index (κ1) is 17.8. The number of carbonyl (C=O) groups is 1. The largest absolute Gasteiger partial charge is 0.495 e. The number of thiazole rings is 1. The van der Waals surface area contributed by atoms with E-state index in [2.05, 4.69) is 11.9 Å². The second-order valence-electron chi connectivity index (χ2n) is 5.31. The van der Waals surface area contributed by atoms with Crippen LogP contribution in [0, 0.1) is 0 Å². The Morgan fingerprint density at radius 3 is 2.76 bits per heavy atom. The van der Waals surface area contributed by atoms with E-state index in [1.54, 1.807) is 18.9 Å². The lowest BCUT2D eigenvalue weighted by atomic mass is 10.2. The first-order chi connectivity index (χ1) is 12.2. The van der Waals surface area contributed by atoms with E-state index < -0.39 is 0 Å². The molecule has 0 aliphatic heterocycles. The molecule has 1 amide bonds. The van der Waals surface area contributed by atoms with Gasteiger partial charge in [-0.25, -0.2) is 0 Å². The van der Waals surface area contributed by atoms with Crippen molar-refractivity contribution in [1.82, 2.24) is 4.57 Å². The maximum Gasteiger partial charge on any atom is 0.279 e. The normalized spacial score (nSPS) is 11.9. The van der Waals surface area contributed by atoms with Gasteiger partial charge in [0.05, 0.1) is 11.8 Å². The number of ether oxygens (including phenoxy) is 1. The van der Waals surface area contributed by atoms with E-state index in [4.69, 9.17) is 4.74 Å². The van der Waals surface area contributed by atoms with Gasteiger partial charge in [0.2, 0.25) is 0 Å². The number of hydrogen-bond donors (Lipinski definition) is 0. The fourth-order valence-corrected chi connectivity index (χ4v) is 4.51. The highest BCUT2D eigenvalue weighted by molar-refractivity contribution is 7.99. The minimum Gasteiger partial charge on any atom is -0.495 e. The van der Waals surface area contributed by atoms with Crippen molar-refractivity contribution < 1.29 is 9.53 Å². The molecule has 2 aromatic carbocycles. The van der Waals surface area contributed by atoms with Gasteiger partial charge in [0, 0.05) is 17.0 Å². The van der Waals surface area contributed by atoms with E-state index in [1.165, 1.54) is 11.3 Å². The standard InChI is InChI=1S/C19H20N2O2S2/c1-4-21-17-15(23-3)10-7-11-16(17)25-19(21)20-18(22)13-8-6-9-14(12-13)24-5-2/h6-12H,4-5H2,1-3H3. The molecule has 0 bridgehead atoms. The van der Waals surface area contributed by atoms with Crippen molar-refractivity contribution in [2.75, 3.05) is 12.9 Å². The number of nitrogens with zero attached hydrogens (tertiary/aromatic N) is 2. The van der Waals surface area contributed by atoms with E-state index in [0.717, 1.165) is 33.2 Å². The van der Waals surface area contributed by atoms with Crippen molar-refractivity contribution in [3.63, 3.8) is 0 Å². The lowest BCUT2D eigenvalue weighted by Crippen LogP contribution is -2.16. The molecule has 3 aromatic rings. The van der Waals surface area contributed by atoms with Gasteiger partial charge in [0.25, 0.3) is 5.91 Å². The van der Waals surface area contributed by atoms with E-state index >= 15 is 0 Å². The zero-order valence-electron chi connectivity index (χ0n) is 14.5. The molecule has 0 unspecified atom stereocenters. The smallest absolute Gasteiger partial charge is 0.279 e. The number of methoxy groups -OCH3 is 1. The third-order valence-corrected chi connectivity index (χ3v) is 5.71. The van der Waals surface area contributed by atoms with Crippen LogP contribution in [0.5, 0.6) is 5.75 Å². The molecule has 0 radical (unpaired) electrons. The molecule has 4 nitrogen and oxygen atoms in total. The Balaban J connectivity index is 2.09. The maximum absolute atomic E-state index is 12.7. The molecule has 0 spiro atoms. The van der Waals surface area contributed by atoms with Crippen molar-refractivity contribution in [1.29, 1.82) is 0 Å². The molecule has 0 saturated carbocycles. The number of thioether (sulfide) groups is 1. The van der Waals surface area contributed by atoms with Crippen molar-refractivity contribution in [2.45, 2.75) is 25.3 Å². The van der Waals surface area contributed by atoms with Crippen LogP contribution >= 0.6 is 23.1 Å². The summed E-state index contributed by atoms with van der Waals surface area (Å²) in [5, 5.41) is 0. The van der Waals surface area contributed by atoms with Gasteiger partial charge >= 0.3 is 0 Å². The van der Waals surface area contributed by atoms with Crippen LogP contribution in [0.3, 0.4) is 0 Å². The van der Waals surface area contributed by atoms with Crippen LogP contribution in [-0.4, -0.2) is 23.3 Å². The highest BCUT2D eigenvalue weighted by Crippen LogP contribution is 2.27. The number of aryl methyl sites for hydroxylation is 1. The molecule has 0 fully saturated rings. The maximum atomic E-state index is 12.7. The third-order valence-electron chi connectivity index (χ3n) is 3.79. The van der Waals surface area contributed by atoms with Gasteiger partial charge in [-0.05, 0) is 43.0 Å². The Morgan fingerprint density at radius 2 is 2.04 bits per heavy atom. The quantitative estimate of drug-likeness (QED) is 0.616. The Bertz CT molecular complexity index is 973. The highest BCUT2D eigenvalue weighted by Gasteiger charge is 2.12. The number of fused-ring (bicyclic) bond motifs is 1. The molecule has 1 heterocycles. The van der Waals surface area contributed by atoms with Crippen LogP contribution in [-0.2, 0) is 6.54 Å². The zero-order chi connectivity index (χ0) is 17.8. The van der Waals surface area contributed by atoms with Crippen LogP contribution in [0.25, 0.3) is 10.2 Å². The highest BCUT2D eigenvalue weighted by atomic mass is 32.2. The average molecular weight is 373 g/mol. The van der Waals surface area contributed by atoms with E-state index in [-0.39, 0.29) is 5.91 Å². The van der Waals surface area contributed by atoms with Gasteiger partial charge in [-0.15, -0.1) is 11.8 Å². The number of para-hydroxylation sites is 1. The number of amides is 1. The second kappa shape index (κ2) is 7.89. The zero-order valence-corrected chi connectivity index (χ0v) is 16.1. The predicted octanol–water partition coefficient (Wildman–Crippen LogP) is 4.58. The van der Waals surface area contributed by atoms with E-state index in [9.17, 15) is 4.79 Å². The molecule has 25 heavy (non-hydrogen) atoms. The molecular formula is C19H20N2O2S2. The lowest BCUT2D eigenvalue weighted by Gasteiger charge is -2.05. The number of aromatic nitrogens is 1. The molecular weight excluding hydrogens is 352 g/mol. The first-order valence-electron chi connectivity index (χ1n) is 8.16. The third kappa shape index (κ3) is 3.65. The van der Waals surface area contributed by atoms with Gasteiger partial charge < -0.3 is 9.30 Å². The van der Waals surface area contributed by atoms with Crippen molar-refractivity contribution in [2.24, 2.45) is 4.99 Å². The van der Waals surface area contributed by atoms with Crippen LogP contribution in [0.2, 0.25) is 0 Å². The topological polar surface area (TPSA) is 43.6 Å². The van der Waals surface area contributed by atoms with Crippen molar-refractivity contribution in [3.05, 3.63) is 52.8 Å². The molecule has 0 saturated heterocycles. The summed E-state index contributed by atoms with van der Waals surface area (Å²) in [6.07, 6.45) is 0. The van der Waals surface area contributed by atoms with Gasteiger partial charge in [-0.2, -0.15) is 4.99 Å². The summed E-state index contributed by atoms with van der Waals surface area (Å²) in [7, 11) is 1.66. The molecule has 0 aliphatic carbocycles. The van der Waals surface area contributed by atoms with E-state index in [1.807, 2.05) is 54.0 Å². The first-order valence-corrected chi connectivity index (χ1v) is 9.96. The Labute approximate surface area is 155 Å². The molecule has 3 rings (SSSR count). The molecule has 1 aromatic heterocycles. The van der Waals surface area contributed by atoms with Crippen LogP contribution < -0.4 is 9.54 Å². The molecule has 0 atom stereocenters. The average Bonchev–Trinajstić information content (AvgIpc) is 2.99. The van der Waals surface area contributed by atoms with E-state index in [0.29, 0.717) is 10.4 Å². The minimum absolute atomic E-state index is 0.216. The van der Waals surface area contributed by atoms with Crippen molar-refractivity contribution >= 4 is 39.2 Å². The van der Waals surface area contributed by atoms with Crippen LogP contribution in [0.1, 0.15) is 24.2 Å². The van der Waals surface area contributed by atoms with Gasteiger partial charge in [0.15, 0.2) is 4.80 Å². The summed E-state index contributed by atoms with van der Waals surface area (Å²) in [5.41, 5.74) is 1.60. The molecule has 0 aliphatic rings. The summed E-state index contributed by atoms with van der Waals surface area (Å²) in [6.45, 7) is 4.86. The number of rotatable bonds is 5. The summed E-state index contributed by atoms with van der Waals surface area (Å²) in [6, 6.07) is 13.5. The van der Waals surface area contributed by atoms with Crippen molar-refractivity contribution in [3.8, 4) is 5.75 Å². The SMILES string of the molecule is CCSc1cccc(C(=O)N=c2sc3cccc(OC)c3n2CC)c1. The van der Waals surface area contributed by atoms with Gasteiger partial charge in [-0.1, -0.05) is 30.4 Å². The Morgan fingerprint density at radius 1 is 1.24 bits per heavy atom. The van der Waals surface area contributed by atoms with Gasteiger partial charge in [-0.3, -0.25) is 4.79 Å². The monoisotopic (exact) mass is 372 g/mol. The fraction of sp³-hybridized carbons (Fsp3) is 0.263. The number of benzene rings is 2. The second-order valence-corrected chi connectivity index (χ2v) is 7.66. The number of carbonyl (C=O) groups excluding carboxylic acids is 1. The Kier molecular flexibility index (Phi) is 5.60. The molecule has 6 heteroatoms. The van der Waals surface area contributed by atoms with Gasteiger partial charge in [0.1, 0.15) is 11.3 Å². The summed E-state index contributed by atoms with van der Waals surface area (Å²) >= 11 is 3.22. The van der Waals surface area contributed by atoms with Crippen LogP contribution in [0.15, 0.2) is 52.4 Å². The molecule has 0 N–H and O–H groups in total.